The van der Waals surface area contributed by atoms with Gasteiger partial charge in [-0.25, -0.2) is 4.21 Å². The molecule has 1 saturated carbocycles. The van der Waals surface area contributed by atoms with Crippen LogP contribution in [0.5, 0.6) is 5.75 Å². The van der Waals surface area contributed by atoms with Crippen molar-refractivity contribution in [1.29, 1.82) is 0 Å². The van der Waals surface area contributed by atoms with E-state index in [1.165, 1.54) is 22.0 Å². The fraction of sp³-hybridized carbons (Fsp3) is 0.500. The summed E-state index contributed by atoms with van der Waals surface area (Å²) in [5.41, 5.74) is 3.41. The van der Waals surface area contributed by atoms with E-state index in [2.05, 4.69) is 48.6 Å². The fourth-order valence-corrected chi connectivity index (χ4v) is 9.73. The Morgan fingerprint density at radius 2 is 2.10 bits per heavy atom. The number of fused-ring (bicyclic) bond motifs is 4. The number of nitrogens with zero attached hydrogens (tertiary/aromatic N) is 5. The molecule has 2 bridgehead atoms. The highest BCUT2D eigenvalue weighted by Crippen LogP contribution is 2.47. The molecular formula is C36H43ClN6O5S. The molecule has 5 atom stereocenters. The van der Waals surface area contributed by atoms with Crippen LogP contribution < -0.4 is 14.4 Å². The molecule has 49 heavy (non-hydrogen) atoms. The van der Waals surface area contributed by atoms with Crippen LogP contribution in [0.25, 0.3) is 0 Å². The van der Waals surface area contributed by atoms with E-state index in [-0.39, 0.29) is 30.2 Å². The van der Waals surface area contributed by atoms with Crippen LogP contribution in [0.15, 0.2) is 65.3 Å². The number of aryl methyl sites for hydroxylation is 2. The summed E-state index contributed by atoms with van der Waals surface area (Å²) in [6, 6.07) is 11.6. The van der Waals surface area contributed by atoms with Gasteiger partial charge in [-0.05, 0) is 98.2 Å². The van der Waals surface area contributed by atoms with Crippen LogP contribution in [-0.2, 0) is 37.8 Å². The molecule has 0 radical (unpaired) electrons. The van der Waals surface area contributed by atoms with Gasteiger partial charge in [0.15, 0.2) is 0 Å². The number of amides is 2. The predicted molar refractivity (Wildman–Crippen MR) is 188 cm³/mol. The number of hydrogen-bond donors (Lipinski definition) is 1. The summed E-state index contributed by atoms with van der Waals surface area (Å²) >= 11 is 6.44. The quantitative estimate of drug-likeness (QED) is 0.344. The van der Waals surface area contributed by atoms with Gasteiger partial charge in [-0.15, -0.1) is 9.46 Å². The van der Waals surface area contributed by atoms with E-state index >= 15 is 0 Å². The lowest BCUT2D eigenvalue weighted by Gasteiger charge is -2.46. The molecule has 2 aliphatic heterocycles. The summed E-state index contributed by atoms with van der Waals surface area (Å²) in [5, 5.41) is 8.38. The van der Waals surface area contributed by atoms with Gasteiger partial charge in [0.1, 0.15) is 15.7 Å². The Hall–Kier alpha value is -3.74. The zero-order chi connectivity index (χ0) is 34.0. The number of rotatable bonds is 5. The van der Waals surface area contributed by atoms with E-state index in [0.29, 0.717) is 42.6 Å². The molecule has 2 aromatic carbocycles. The zero-order valence-corrected chi connectivity index (χ0v) is 29.3. The number of anilines is 1. The number of carbonyl (C=O) groups is 2. The lowest BCUT2D eigenvalue weighted by Crippen LogP contribution is -2.49. The molecule has 4 aliphatic rings. The van der Waals surface area contributed by atoms with Gasteiger partial charge in [-0.3, -0.25) is 19.0 Å². The number of benzene rings is 2. The summed E-state index contributed by atoms with van der Waals surface area (Å²) in [6.45, 7) is 2.28. The van der Waals surface area contributed by atoms with Crippen molar-refractivity contribution in [2.24, 2.45) is 16.2 Å². The van der Waals surface area contributed by atoms with Crippen molar-refractivity contribution in [3.05, 3.63) is 82.7 Å². The largest absolute Gasteiger partial charge is 0.490 e. The van der Waals surface area contributed by atoms with Gasteiger partial charge in [-0.2, -0.15) is 0 Å². The highest BCUT2D eigenvalue weighted by molar-refractivity contribution is 7.92. The van der Waals surface area contributed by atoms with Crippen molar-refractivity contribution in [1.82, 2.24) is 19.7 Å². The van der Waals surface area contributed by atoms with Crippen molar-refractivity contribution in [3.63, 3.8) is 0 Å². The van der Waals surface area contributed by atoms with E-state index in [1.54, 1.807) is 19.4 Å². The average Bonchev–Trinajstić information content (AvgIpc) is 3.55. The first-order valence-corrected chi connectivity index (χ1v) is 19.2. The van der Waals surface area contributed by atoms with Crippen LogP contribution in [0.1, 0.15) is 66.4 Å². The first kappa shape index (κ1) is 33.7. The fourth-order valence-electron chi connectivity index (χ4n) is 7.91. The number of carbonyl (C=O) groups excluding carboxylic acids is 2. The van der Waals surface area contributed by atoms with Crippen molar-refractivity contribution < 1.29 is 23.3 Å². The number of halogens is 1. The number of hydrogen-bond acceptors (Lipinski definition) is 8. The first-order chi connectivity index (χ1) is 23.7. The molecule has 2 aliphatic carbocycles. The number of ether oxygens (including phenoxy) is 2. The Balaban J connectivity index is 1.25. The van der Waals surface area contributed by atoms with Gasteiger partial charge in [0.25, 0.3) is 5.91 Å². The second-order valence-electron chi connectivity index (χ2n) is 13.7. The topological polar surface area (TPSA) is 128 Å². The van der Waals surface area contributed by atoms with E-state index in [1.807, 2.05) is 18.2 Å². The van der Waals surface area contributed by atoms with Gasteiger partial charge in [-0.1, -0.05) is 35.0 Å². The first-order valence-electron chi connectivity index (χ1n) is 17.2. The molecular weight excluding hydrogens is 664 g/mol. The molecule has 1 N–H and O–H groups in total. The monoisotopic (exact) mass is 706 g/mol. The van der Waals surface area contributed by atoms with Gasteiger partial charge in [0, 0.05) is 48.8 Å². The van der Waals surface area contributed by atoms with Crippen LogP contribution in [0, 0.1) is 11.8 Å². The smallest absolute Gasteiger partial charge is 0.286 e. The van der Waals surface area contributed by atoms with Crippen LogP contribution >= 0.6 is 11.6 Å². The zero-order valence-electron chi connectivity index (χ0n) is 27.8. The predicted octanol–water partition coefficient (Wildman–Crippen LogP) is 5.53. The van der Waals surface area contributed by atoms with E-state index < -0.39 is 21.7 Å². The number of methoxy groups -OCH3 is 1. The molecule has 3 heterocycles. The molecule has 3 aromatic rings. The van der Waals surface area contributed by atoms with Crippen LogP contribution in [-0.4, -0.2) is 69.7 Å². The minimum atomic E-state index is -3.42. The molecule has 1 aromatic heterocycles. The lowest BCUT2D eigenvalue weighted by atomic mass is 9.68. The van der Waals surface area contributed by atoms with Gasteiger partial charge in [0.2, 0.25) is 5.91 Å². The van der Waals surface area contributed by atoms with Gasteiger partial charge < -0.3 is 14.4 Å². The van der Waals surface area contributed by atoms with Crippen molar-refractivity contribution >= 4 is 39.0 Å². The second kappa shape index (κ2) is 14.2. The molecule has 1 spiro atoms. The van der Waals surface area contributed by atoms with Gasteiger partial charge >= 0.3 is 0 Å². The third-order valence-corrected chi connectivity index (χ3v) is 12.7. The molecule has 260 valence electrons. The van der Waals surface area contributed by atoms with Crippen LogP contribution in [0.3, 0.4) is 0 Å². The maximum Gasteiger partial charge on any atom is 0.286 e. The molecule has 13 heteroatoms. The van der Waals surface area contributed by atoms with Crippen molar-refractivity contribution in [2.45, 2.75) is 69.4 Å². The Bertz CT molecular complexity index is 1860. The number of aromatic nitrogens is 3. The average molecular weight is 707 g/mol. The normalized spacial score (nSPS) is 29.0. The van der Waals surface area contributed by atoms with Crippen LogP contribution in [0.2, 0.25) is 5.02 Å². The summed E-state index contributed by atoms with van der Waals surface area (Å²) in [5.74, 6) is 0.381. The summed E-state index contributed by atoms with van der Waals surface area (Å²) in [6.07, 6.45) is 13.6. The van der Waals surface area contributed by atoms with E-state index in [9.17, 15) is 13.8 Å². The lowest BCUT2D eigenvalue weighted by molar-refractivity contribution is -0.119. The van der Waals surface area contributed by atoms with Gasteiger partial charge in [0.05, 0.1) is 36.9 Å². The van der Waals surface area contributed by atoms with E-state index in [0.717, 1.165) is 55.9 Å². The molecule has 11 nitrogen and oxygen atoms in total. The molecule has 1 fully saturated rings. The van der Waals surface area contributed by atoms with Crippen LogP contribution in [0.4, 0.5) is 5.69 Å². The third kappa shape index (κ3) is 7.27. The standard InChI is InChI=1S/C36H43ClN6O5S/c1-47-32-7-3-2-4-19-49(46,39-34(44)14-17-43-18-16-38-41-43)40-35(45)26-9-13-33-31(21-26)42(22-27-8-11-29(27)32)23-36(24-48-33)15-5-6-25-20-28(37)10-12-30(25)36/h3,7,9-10,12-13,16,18,20-21,27,29,32H,2,4-6,8,11,14-15,17,19,22-24H2,1H3,(H,39,40,44,45,46)/b7-3+/t27-,29+,32-,36-,49+/m0/s1. The minimum absolute atomic E-state index is 0.0181. The summed E-state index contributed by atoms with van der Waals surface area (Å²) in [7, 11) is -1.67. The Labute approximate surface area is 292 Å². The molecule has 0 unspecified atom stereocenters. The highest BCUT2D eigenvalue weighted by Gasteiger charge is 2.44. The SMILES string of the molecule is CO[C@H]1/C=C/CCC[S@@](=O)(NC(=O)CCn2ccnn2)=NC(=O)c2ccc3c(c2)N(C[C@@H]2CC[C@H]21)C[C@@]1(CCCc2cc(Cl)ccc21)CO3. The third-order valence-electron chi connectivity index (χ3n) is 10.6. The Morgan fingerprint density at radius 1 is 1.20 bits per heavy atom. The Kier molecular flexibility index (Phi) is 9.81. The Morgan fingerprint density at radius 3 is 2.90 bits per heavy atom. The highest BCUT2D eigenvalue weighted by atomic mass is 35.5. The maximum absolute atomic E-state index is 14.2. The maximum atomic E-state index is 14.2. The van der Waals surface area contributed by atoms with Crippen molar-refractivity contribution in [2.75, 3.05) is 37.5 Å². The van der Waals surface area contributed by atoms with Crippen molar-refractivity contribution in [3.8, 4) is 5.75 Å². The summed E-state index contributed by atoms with van der Waals surface area (Å²) in [4.78, 5) is 29.1. The number of allylic oxidation sites excluding steroid dienone is 1. The summed E-state index contributed by atoms with van der Waals surface area (Å²) < 4.78 is 35.1. The minimum Gasteiger partial charge on any atom is -0.490 e. The second-order valence-corrected chi connectivity index (χ2v) is 16.3. The molecule has 2 amide bonds. The van der Waals surface area contributed by atoms with E-state index in [4.69, 9.17) is 21.1 Å². The molecule has 0 saturated heterocycles. The molecule has 7 rings (SSSR count). The number of nitrogens with one attached hydrogen (secondary N) is 1.